The van der Waals surface area contributed by atoms with Crippen LogP contribution in [0, 0.1) is 0 Å². The Morgan fingerprint density at radius 3 is 2.50 bits per heavy atom. The molecule has 176 valence electrons. The first-order valence-corrected chi connectivity index (χ1v) is 13.5. The highest BCUT2D eigenvalue weighted by Crippen LogP contribution is 2.33. The molecule has 6 rings (SSSR count). The van der Waals surface area contributed by atoms with E-state index in [1.807, 2.05) is 23.6 Å². The number of fused-ring (bicyclic) bond motifs is 2. The molecule has 0 amide bonds. The third-order valence-corrected chi connectivity index (χ3v) is 8.92. The second-order valence-corrected chi connectivity index (χ2v) is 11.1. The van der Waals surface area contributed by atoms with Crippen LogP contribution in [0.2, 0.25) is 0 Å². The minimum Gasteiger partial charge on any atom is -0.486 e. The van der Waals surface area contributed by atoms with Crippen LogP contribution < -0.4 is 9.47 Å². The summed E-state index contributed by atoms with van der Waals surface area (Å²) in [5.41, 5.74) is 3.21. The van der Waals surface area contributed by atoms with Gasteiger partial charge in [-0.2, -0.15) is 4.31 Å². The molecule has 0 radical (unpaired) electrons. The standard InChI is InChI=1S/C24H24N4O4S2/c29-34(30,19-6-7-21-22(16-19)32-14-13-31-21)27-10-8-26(9-11-27)17-20-23(18-4-2-1-3-5-18)25-24-28(20)12-15-33-24/h1-7,12,15-16H,8-11,13-14,17H2. The van der Waals surface area contributed by atoms with Gasteiger partial charge in [0.25, 0.3) is 0 Å². The average Bonchev–Trinajstić information content (AvgIpc) is 3.47. The Kier molecular flexibility index (Phi) is 5.53. The zero-order valence-corrected chi connectivity index (χ0v) is 20.1. The van der Waals surface area contributed by atoms with Gasteiger partial charge in [-0.05, 0) is 12.1 Å². The molecule has 0 aliphatic carbocycles. The van der Waals surface area contributed by atoms with Gasteiger partial charge in [-0.3, -0.25) is 9.30 Å². The van der Waals surface area contributed by atoms with Crippen LogP contribution in [-0.4, -0.2) is 66.4 Å². The van der Waals surface area contributed by atoms with Gasteiger partial charge < -0.3 is 9.47 Å². The Morgan fingerprint density at radius 1 is 0.941 bits per heavy atom. The van der Waals surface area contributed by atoms with Crippen molar-refractivity contribution in [2.24, 2.45) is 0 Å². The molecule has 34 heavy (non-hydrogen) atoms. The summed E-state index contributed by atoms with van der Waals surface area (Å²) in [6, 6.07) is 15.0. The van der Waals surface area contributed by atoms with E-state index in [0.717, 1.165) is 21.9 Å². The number of imidazole rings is 1. The van der Waals surface area contributed by atoms with E-state index in [1.54, 1.807) is 33.8 Å². The Balaban J connectivity index is 1.19. The topological polar surface area (TPSA) is 76.4 Å². The average molecular weight is 497 g/mol. The maximum Gasteiger partial charge on any atom is 0.243 e. The van der Waals surface area contributed by atoms with E-state index in [0.29, 0.717) is 57.4 Å². The van der Waals surface area contributed by atoms with E-state index < -0.39 is 10.0 Å². The van der Waals surface area contributed by atoms with E-state index in [1.165, 1.54) is 0 Å². The number of piperazine rings is 1. The fourth-order valence-corrected chi connectivity index (χ4v) is 6.65. The molecule has 0 unspecified atom stereocenters. The molecule has 0 bridgehead atoms. The second-order valence-electron chi connectivity index (χ2n) is 8.31. The Labute approximate surface area is 202 Å². The predicted molar refractivity (Wildman–Crippen MR) is 130 cm³/mol. The number of nitrogens with zero attached hydrogens (tertiary/aromatic N) is 4. The first kappa shape index (κ1) is 21.6. The number of ether oxygens (including phenoxy) is 2. The van der Waals surface area contributed by atoms with Gasteiger partial charge >= 0.3 is 0 Å². The molecular weight excluding hydrogens is 472 g/mol. The van der Waals surface area contributed by atoms with Crippen LogP contribution in [0.15, 0.2) is 65.0 Å². The molecule has 1 fully saturated rings. The van der Waals surface area contributed by atoms with Gasteiger partial charge in [0.05, 0.1) is 16.3 Å². The lowest BCUT2D eigenvalue weighted by Gasteiger charge is -2.34. The zero-order valence-electron chi connectivity index (χ0n) is 18.5. The molecular formula is C24H24N4O4S2. The number of sulfonamides is 1. The van der Waals surface area contributed by atoms with Gasteiger partial charge in [0, 0.05) is 55.9 Å². The highest BCUT2D eigenvalue weighted by molar-refractivity contribution is 7.89. The summed E-state index contributed by atoms with van der Waals surface area (Å²) in [4.78, 5) is 8.37. The van der Waals surface area contributed by atoms with Gasteiger partial charge in [0.2, 0.25) is 10.0 Å². The van der Waals surface area contributed by atoms with Crippen LogP contribution in [0.25, 0.3) is 16.2 Å². The second kappa shape index (κ2) is 8.70. The first-order valence-electron chi connectivity index (χ1n) is 11.2. The van der Waals surface area contributed by atoms with Crippen molar-refractivity contribution in [2.45, 2.75) is 11.4 Å². The Hall–Kier alpha value is -2.92. The molecule has 0 spiro atoms. The van der Waals surface area contributed by atoms with E-state index in [9.17, 15) is 8.42 Å². The Bertz CT molecular complexity index is 1420. The summed E-state index contributed by atoms with van der Waals surface area (Å²) in [6.45, 7) is 3.77. The fraction of sp³-hybridized carbons (Fsp3) is 0.292. The fourth-order valence-electron chi connectivity index (χ4n) is 4.48. The summed E-state index contributed by atoms with van der Waals surface area (Å²) < 4.78 is 41.3. The summed E-state index contributed by atoms with van der Waals surface area (Å²) >= 11 is 1.62. The molecule has 0 N–H and O–H groups in total. The van der Waals surface area contributed by atoms with Gasteiger partial charge in [-0.1, -0.05) is 30.3 Å². The molecule has 0 atom stereocenters. The number of hydrogen-bond donors (Lipinski definition) is 0. The Morgan fingerprint density at radius 2 is 1.71 bits per heavy atom. The first-order chi connectivity index (χ1) is 16.6. The van der Waals surface area contributed by atoms with Crippen LogP contribution >= 0.6 is 11.3 Å². The van der Waals surface area contributed by atoms with Gasteiger partial charge in [-0.25, -0.2) is 13.4 Å². The lowest BCUT2D eigenvalue weighted by atomic mass is 10.1. The molecule has 2 aromatic carbocycles. The largest absolute Gasteiger partial charge is 0.486 e. The van der Waals surface area contributed by atoms with Crippen molar-refractivity contribution in [3.05, 3.63) is 65.8 Å². The van der Waals surface area contributed by atoms with Gasteiger partial charge in [0.1, 0.15) is 13.2 Å². The minimum atomic E-state index is -3.60. The molecule has 4 aromatic rings. The van der Waals surface area contributed by atoms with Crippen LogP contribution in [0.3, 0.4) is 0 Å². The normalized spacial score (nSPS) is 17.3. The molecule has 1 saturated heterocycles. The maximum atomic E-state index is 13.3. The summed E-state index contributed by atoms with van der Waals surface area (Å²) in [5.74, 6) is 1.07. The number of aromatic nitrogens is 2. The predicted octanol–water partition coefficient (Wildman–Crippen LogP) is 3.34. The maximum absolute atomic E-state index is 13.3. The number of benzene rings is 2. The SMILES string of the molecule is O=S(=O)(c1ccc2c(c1)OCCO2)N1CCN(Cc2c(-c3ccccc3)nc3sccn23)CC1. The molecule has 8 nitrogen and oxygen atoms in total. The number of hydrogen-bond acceptors (Lipinski definition) is 7. The van der Waals surface area contributed by atoms with E-state index in [2.05, 4.69) is 27.6 Å². The van der Waals surface area contributed by atoms with Crippen molar-refractivity contribution in [3.63, 3.8) is 0 Å². The van der Waals surface area contributed by atoms with Crippen LogP contribution in [0.1, 0.15) is 5.69 Å². The quantitative estimate of drug-likeness (QED) is 0.422. The molecule has 0 saturated carbocycles. The van der Waals surface area contributed by atoms with Crippen molar-refractivity contribution in [2.75, 3.05) is 39.4 Å². The molecule has 10 heteroatoms. The molecule has 4 heterocycles. The molecule has 2 aliphatic heterocycles. The van der Waals surface area contributed by atoms with Gasteiger partial charge in [-0.15, -0.1) is 11.3 Å². The summed E-state index contributed by atoms with van der Waals surface area (Å²) in [5, 5.41) is 2.04. The zero-order chi connectivity index (χ0) is 23.1. The van der Waals surface area contributed by atoms with E-state index in [-0.39, 0.29) is 4.90 Å². The lowest BCUT2D eigenvalue weighted by molar-refractivity contribution is 0.170. The molecule has 2 aliphatic rings. The lowest BCUT2D eigenvalue weighted by Crippen LogP contribution is -2.48. The van der Waals surface area contributed by atoms with Crippen LogP contribution in [0.4, 0.5) is 0 Å². The monoisotopic (exact) mass is 496 g/mol. The van der Waals surface area contributed by atoms with E-state index in [4.69, 9.17) is 14.5 Å². The highest BCUT2D eigenvalue weighted by atomic mass is 32.2. The smallest absolute Gasteiger partial charge is 0.243 e. The summed E-state index contributed by atoms with van der Waals surface area (Å²) in [6.07, 6.45) is 2.05. The van der Waals surface area contributed by atoms with Crippen LogP contribution in [0.5, 0.6) is 11.5 Å². The van der Waals surface area contributed by atoms with E-state index >= 15 is 0 Å². The molecule has 2 aromatic heterocycles. The van der Waals surface area contributed by atoms with Crippen molar-refractivity contribution < 1.29 is 17.9 Å². The minimum absolute atomic E-state index is 0.243. The number of thiazole rings is 1. The highest BCUT2D eigenvalue weighted by Gasteiger charge is 2.30. The van der Waals surface area contributed by atoms with Gasteiger partial charge in [0.15, 0.2) is 16.5 Å². The van der Waals surface area contributed by atoms with Crippen molar-refractivity contribution >= 4 is 26.3 Å². The van der Waals surface area contributed by atoms with Crippen molar-refractivity contribution in [1.82, 2.24) is 18.6 Å². The number of rotatable bonds is 5. The third kappa shape index (κ3) is 3.86. The van der Waals surface area contributed by atoms with Crippen LogP contribution in [-0.2, 0) is 16.6 Å². The van der Waals surface area contributed by atoms with Crippen molar-refractivity contribution in [1.29, 1.82) is 0 Å². The third-order valence-electron chi connectivity index (χ3n) is 6.26. The van der Waals surface area contributed by atoms with Crippen molar-refractivity contribution in [3.8, 4) is 22.8 Å². The summed E-state index contributed by atoms with van der Waals surface area (Å²) in [7, 11) is -3.60.